The van der Waals surface area contributed by atoms with Crippen LogP contribution in [-0.2, 0) is 9.59 Å². The summed E-state index contributed by atoms with van der Waals surface area (Å²) >= 11 is 5.86. The van der Waals surface area contributed by atoms with Crippen molar-refractivity contribution in [1.82, 2.24) is 0 Å². The minimum absolute atomic E-state index is 0.219. The molecule has 0 spiro atoms. The molecule has 0 aliphatic carbocycles. The van der Waals surface area contributed by atoms with Crippen LogP contribution in [0.3, 0.4) is 0 Å². The van der Waals surface area contributed by atoms with E-state index in [4.69, 9.17) is 31.5 Å². The molecule has 0 aliphatic heterocycles. The van der Waals surface area contributed by atoms with Gasteiger partial charge in [0, 0.05) is 5.02 Å². The Balaban J connectivity index is 1.90. The second-order valence-electron chi connectivity index (χ2n) is 4.86. The van der Waals surface area contributed by atoms with E-state index in [1.807, 2.05) is 0 Å². The number of nitrogens with two attached hydrogens (primary N) is 1. The zero-order valence-electron chi connectivity index (χ0n) is 12.9. The number of primary amides is 1. The number of amides is 1. The SMILES string of the molecule is C[C@H](Oc1cccc(Cl)c1)C(=O)Oc1ccc(OCC(N)=O)cc1. The van der Waals surface area contributed by atoms with E-state index < -0.39 is 18.0 Å². The molecule has 2 rings (SSSR count). The van der Waals surface area contributed by atoms with Crippen LogP contribution in [0, 0.1) is 0 Å². The van der Waals surface area contributed by atoms with Crippen LogP contribution in [0.1, 0.15) is 6.92 Å². The highest BCUT2D eigenvalue weighted by molar-refractivity contribution is 6.30. The molecule has 0 radical (unpaired) electrons. The molecule has 1 amide bonds. The number of benzene rings is 2. The van der Waals surface area contributed by atoms with Crippen molar-refractivity contribution in [3.63, 3.8) is 0 Å². The molecule has 2 N–H and O–H groups in total. The van der Waals surface area contributed by atoms with Crippen molar-refractivity contribution in [2.75, 3.05) is 6.61 Å². The van der Waals surface area contributed by atoms with Crippen LogP contribution in [0.15, 0.2) is 48.5 Å². The van der Waals surface area contributed by atoms with Gasteiger partial charge in [0.15, 0.2) is 12.7 Å². The van der Waals surface area contributed by atoms with Crippen molar-refractivity contribution < 1.29 is 23.8 Å². The van der Waals surface area contributed by atoms with Crippen molar-refractivity contribution >= 4 is 23.5 Å². The zero-order chi connectivity index (χ0) is 17.5. The number of carbonyl (C=O) groups is 2. The van der Waals surface area contributed by atoms with E-state index in [0.29, 0.717) is 22.3 Å². The lowest BCUT2D eigenvalue weighted by atomic mass is 10.3. The molecule has 0 fully saturated rings. The van der Waals surface area contributed by atoms with Crippen molar-refractivity contribution in [3.05, 3.63) is 53.6 Å². The van der Waals surface area contributed by atoms with E-state index in [2.05, 4.69) is 0 Å². The topological polar surface area (TPSA) is 87.8 Å². The second kappa shape index (κ2) is 8.21. The maximum atomic E-state index is 12.0. The van der Waals surface area contributed by atoms with Crippen LogP contribution in [0.4, 0.5) is 0 Å². The Morgan fingerprint density at radius 1 is 1.08 bits per heavy atom. The third-order valence-corrected chi connectivity index (χ3v) is 3.10. The Morgan fingerprint density at radius 2 is 1.75 bits per heavy atom. The van der Waals surface area contributed by atoms with Gasteiger partial charge < -0.3 is 19.9 Å². The first kappa shape index (κ1) is 17.6. The lowest BCUT2D eigenvalue weighted by Gasteiger charge is -2.14. The second-order valence-corrected chi connectivity index (χ2v) is 5.30. The summed E-state index contributed by atoms with van der Waals surface area (Å²) in [6.45, 7) is 1.36. The Bertz CT molecular complexity index is 717. The summed E-state index contributed by atoms with van der Waals surface area (Å²) in [6.07, 6.45) is -0.811. The Hall–Kier alpha value is -2.73. The molecule has 7 heteroatoms. The van der Waals surface area contributed by atoms with Crippen LogP contribution < -0.4 is 19.9 Å². The predicted molar refractivity (Wildman–Crippen MR) is 88.3 cm³/mol. The Morgan fingerprint density at radius 3 is 2.38 bits per heavy atom. The fourth-order valence-electron chi connectivity index (χ4n) is 1.75. The number of hydrogen-bond donors (Lipinski definition) is 1. The average Bonchev–Trinajstić information content (AvgIpc) is 2.54. The molecular weight excluding hydrogens is 334 g/mol. The van der Waals surface area contributed by atoms with E-state index in [1.54, 1.807) is 55.5 Å². The van der Waals surface area contributed by atoms with E-state index >= 15 is 0 Å². The first-order chi connectivity index (χ1) is 11.4. The van der Waals surface area contributed by atoms with Crippen molar-refractivity contribution in [1.29, 1.82) is 0 Å². The fraction of sp³-hybridized carbons (Fsp3) is 0.176. The van der Waals surface area contributed by atoms with Crippen molar-refractivity contribution in [2.45, 2.75) is 13.0 Å². The molecule has 24 heavy (non-hydrogen) atoms. The summed E-state index contributed by atoms with van der Waals surface area (Å²) in [5.41, 5.74) is 4.99. The first-order valence-corrected chi connectivity index (χ1v) is 7.47. The van der Waals surface area contributed by atoms with Crippen LogP contribution in [-0.4, -0.2) is 24.6 Å². The van der Waals surface area contributed by atoms with E-state index in [9.17, 15) is 9.59 Å². The molecule has 1 atom stereocenters. The maximum Gasteiger partial charge on any atom is 0.352 e. The van der Waals surface area contributed by atoms with Gasteiger partial charge >= 0.3 is 5.97 Å². The van der Waals surface area contributed by atoms with Gasteiger partial charge in [0.2, 0.25) is 0 Å². The van der Waals surface area contributed by atoms with Gasteiger partial charge in [-0.3, -0.25) is 4.79 Å². The molecule has 0 saturated heterocycles. The van der Waals surface area contributed by atoms with Crippen LogP contribution >= 0.6 is 11.6 Å². The molecule has 0 heterocycles. The van der Waals surface area contributed by atoms with Gasteiger partial charge in [-0.2, -0.15) is 0 Å². The third-order valence-electron chi connectivity index (χ3n) is 2.86. The summed E-state index contributed by atoms with van der Waals surface area (Å²) in [6, 6.07) is 12.9. The number of ether oxygens (including phenoxy) is 3. The van der Waals surface area contributed by atoms with Crippen LogP contribution in [0.25, 0.3) is 0 Å². The Labute approximate surface area is 144 Å². The molecule has 0 saturated carbocycles. The summed E-state index contributed by atoms with van der Waals surface area (Å²) in [5.74, 6) is 0.116. The van der Waals surface area contributed by atoms with Gasteiger partial charge in [-0.1, -0.05) is 17.7 Å². The average molecular weight is 350 g/mol. The summed E-state index contributed by atoms with van der Waals surface area (Å²) in [4.78, 5) is 22.7. The molecule has 0 bridgehead atoms. The van der Waals surface area contributed by atoms with E-state index in [1.165, 1.54) is 0 Å². The van der Waals surface area contributed by atoms with Gasteiger partial charge in [-0.15, -0.1) is 0 Å². The highest BCUT2D eigenvalue weighted by Gasteiger charge is 2.17. The van der Waals surface area contributed by atoms with Gasteiger partial charge in [-0.05, 0) is 49.4 Å². The molecule has 0 aromatic heterocycles. The minimum atomic E-state index is -0.811. The van der Waals surface area contributed by atoms with E-state index in [-0.39, 0.29) is 6.61 Å². The van der Waals surface area contributed by atoms with Crippen molar-refractivity contribution in [3.8, 4) is 17.2 Å². The number of esters is 1. The molecular formula is C17H16ClNO5. The largest absolute Gasteiger partial charge is 0.484 e. The predicted octanol–water partition coefficient (Wildman–Crippen LogP) is 2.58. The number of hydrogen-bond acceptors (Lipinski definition) is 5. The van der Waals surface area contributed by atoms with Crippen LogP contribution in [0.5, 0.6) is 17.2 Å². The van der Waals surface area contributed by atoms with Crippen molar-refractivity contribution in [2.24, 2.45) is 5.73 Å². The monoisotopic (exact) mass is 349 g/mol. The molecule has 126 valence electrons. The molecule has 6 nitrogen and oxygen atoms in total. The van der Waals surface area contributed by atoms with E-state index in [0.717, 1.165) is 0 Å². The number of rotatable bonds is 7. The lowest BCUT2D eigenvalue weighted by molar-refractivity contribution is -0.141. The third kappa shape index (κ3) is 5.48. The van der Waals surface area contributed by atoms with Gasteiger partial charge in [0.1, 0.15) is 17.2 Å². The smallest absolute Gasteiger partial charge is 0.352 e. The summed E-state index contributed by atoms with van der Waals surface area (Å²) < 4.78 is 15.8. The number of halogens is 1. The van der Waals surface area contributed by atoms with Gasteiger partial charge in [0.25, 0.3) is 5.91 Å². The standard InChI is InChI=1S/C17H16ClNO5/c1-11(23-15-4-2-3-12(18)9-15)17(21)24-14-7-5-13(6-8-14)22-10-16(19)20/h2-9,11H,10H2,1H3,(H2,19,20)/t11-/m0/s1. The first-order valence-electron chi connectivity index (χ1n) is 7.09. The molecule has 2 aromatic carbocycles. The normalized spacial score (nSPS) is 11.4. The molecule has 0 unspecified atom stereocenters. The zero-order valence-corrected chi connectivity index (χ0v) is 13.7. The van der Waals surface area contributed by atoms with Gasteiger partial charge in [-0.25, -0.2) is 4.79 Å². The quantitative estimate of drug-likeness (QED) is 0.613. The van der Waals surface area contributed by atoms with Gasteiger partial charge in [0.05, 0.1) is 0 Å². The summed E-state index contributed by atoms with van der Waals surface area (Å²) in [5, 5.41) is 0.514. The highest BCUT2D eigenvalue weighted by Crippen LogP contribution is 2.20. The highest BCUT2D eigenvalue weighted by atomic mass is 35.5. The Kier molecular flexibility index (Phi) is 6.03. The fourth-order valence-corrected chi connectivity index (χ4v) is 1.93. The molecule has 2 aromatic rings. The number of carbonyl (C=O) groups excluding carboxylic acids is 2. The van der Waals surface area contributed by atoms with Crippen LogP contribution in [0.2, 0.25) is 5.02 Å². The maximum absolute atomic E-state index is 12.0. The minimum Gasteiger partial charge on any atom is -0.484 e. The lowest BCUT2D eigenvalue weighted by Crippen LogP contribution is -2.28. The molecule has 0 aliphatic rings. The summed E-state index contributed by atoms with van der Waals surface area (Å²) in [7, 11) is 0.